The van der Waals surface area contributed by atoms with Crippen LogP contribution in [0.15, 0.2) is 12.7 Å². The van der Waals surface area contributed by atoms with Crippen LogP contribution in [0.2, 0.25) is 0 Å². The molecule has 0 heterocycles. The van der Waals surface area contributed by atoms with Crippen molar-refractivity contribution in [3.63, 3.8) is 0 Å². The quantitative estimate of drug-likeness (QED) is 0.0991. The molecule has 0 N–H and O–H groups in total. The standard InChI is InChI=1S/C23H45ClO3/c1-2-3-4-5-6-7-8-9-12-19-26-22-16-23-27-20-14-11-10-13-18-25-21-15-17-24/h2H,1,3-23H2. The number of allylic oxidation sites excluding steroid dienone is 1. The Balaban J connectivity index is 2.96. The Morgan fingerprint density at radius 1 is 0.481 bits per heavy atom. The average Bonchev–Trinajstić information content (AvgIpc) is 2.68. The van der Waals surface area contributed by atoms with Crippen molar-refractivity contribution in [3.05, 3.63) is 12.7 Å². The molecule has 0 saturated carbocycles. The van der Waals surface area contributed by atoms with E-state index in [1.807, 2.05) is 6.08 Å². The van der Waals surface area contributed by atoms with E-state index in [0.717, 1.165) is 65.3 Å². The highest BCUT2D eigenvalue weighted by Crippen LogP contribution is 2.08. The van der Waals surface area contributed by atoms with Crippen LogP contribution in [0.4, 0.5) is 0 Å². The lowest BCUT2D eigenvalue weighted by Crippen LogP contribution is -2.03. The predicted molar refractivity (Wildman–Crippen MR) is 118 cm³/mol. The third-order valence-electron chi connectivity index (χ3n) is 4.52. The molecule has 0 aromatic carbocycles. The molecule has 0 aromatic rings. The fourth-order valence-corrected chi connectivity index (χ4v) is 2.97. The van der Waals surface area contributed by atoms with Gasteiger partial charge in [-0.1, -0.05) is 51.0 Å². The molecule has 0 aliphatic rings. The van der Waals surface area contributed by atoms with Crippen LogP contribution in [0.1, 0.15) is 89.9 Å². The van der Waals surface area contributed by atoms with Crippen LogP contribution in [-0.2, 0) is 14.2 Å². The van der Waals surface area contributed by atoms with Crippen molar-refractivity contribution in [1.29, 1.82) is 0 Å². The van der Waals surface area contributed by atoms with Gasteiger partial charge in [-0.3, -0.25) is 0 Å². The molecule has 0 bridgehead atoms. The number of hydrogen-bond donors (Lipinski definition) is 0. The van der Waals surface area contributed by atoms with Crippen molar-refractivity contribution >= 4 is 11.6 Å². The lowest BCUT2D eigenvalue weighted by atomic mass is 10.1. The van der Waals surface area contributed by atoms with Gasteiger partial charge in [0.25, 0.3) is 0 Å². The maximum atomic E-state index is 5.68. The van der Waals surface area contributed by atoms with Crippen LogP contribution in [0.5, 0.6) is 0 Å². The van der Waals surface area contributed by atoms with Gasteiger partial charge in [0.15, 0.2) is 0 Å². The summed E-state index contributed by atoms with van der Waals surface area (Å²) < 4.78 is 16.8. The van der Waals surface area contributed by atoms with Crippen molar-refractivity contribution in [3.8, 4) is 0 Å². The molecule has 4 heteroatoms. The lowest BCUT2D eigenvalue weighted by molar-refractivity contribution is 0.0789. The van der Waals surface area contributed by atoms with E-state index in [2.05, 4.69) is 6.58 Å². The fraction of sp³-hybridized carbons (Fsp3) is 0.913. The van der Waals surface area contributed by atoms with Crippen molar-refractivity contribution in [1.82, 2.24) is 0 Å². The van der Waals surface area contributed by atoms with Gasteiger partial charge >= 0.3 is 0 Å². The molecule has 0 atom stereocenters. The zero-order valence-corrected chi connectivity index (χ0v) is 18.5. The van der Waals surface area contributed by atoms with Gasteiger partial charge < -0.3 is 14.2 Å². The number of halogens is 1. The molecule has 0 unspecified atom stereocenters. The van der Waals surface area contributed by atoms with Crippen LogP contribution in [0.25, 0.3) is 0 Å². The van der Waals surface area contributed by atoms with Gasteiger partial charge in [0.05, 0.1) is 0 Å². The topological polar surface area (TPSA) is 27.7 Å². The van der Waals surface area contributed by atoms with Crippen molar-refractivity contribution in [2.75, 3.05) is 45.5 Å². The second-order valence-electron chi connectivity index (χ2n) is 7.20. The van der Waals surface area contributed by atoms with Crippen molar-refractivity contribution in [2.45, 2.75) is 89.9 Å². The number of hydrogen-bond acceptors (Lipinski definition) is 3. The maximum absolute atomic E-state index is 5.68. The molecule has 0 aliphatic carbocycles. The van der Waals surface area contributed by atoms with Crippen LogP contribution < -0.4 is 0 Å². The molecule has 162 valence electrons. The zero-order valence-electron chi connectivity index (χ0n) is 17.7. The van der Waals surface area contributed by atoms with E-state index in [4.69, 9.17) is 25.8 Å². The summed E-state index contributed by atoms with van der Waals surface area (Å²) in [5.41, 5.74) is 0. The SMILES string of the molecule is C=CCCCCCCCCCOCCCOCCCCCCOCCCCl. The number of rotatable bonds is 24. The van der Waals surface area contributed by atoms with Gasteiger partial charge in [-0.25, -0.2) is 0 Å². The summed E-state index contributed by atoms with van der Waals surface area (Å²) in [7, 11) is 0. The number of ether oxygens (including phenoxy) is 3. The summed E-state index contributed by atoms with van der Waals surface area (Å²) >= 11 is 5.60. The van der Waals surface area contributed by atoms with Crippen LogP contribution >= 0.6 is 11.6 Å². The van der Waals surface area contributed by atoms with Gasteiger partial charge in [0.1, 0.15) is 0 Å². The summed E-state index contributed by atoms with van der Waals surface area (Å²) in [5, 5.41) is 0. The van der Waals surface area contributed by atoms with E-state index in [9.17, 15) is 0 Å². The second-order valence-corrected chi connectivity index (χ2v) is 7.58. The Morgan fingerprint density at radius 3 is 1.30 bits per heavy atom. The minimum absolute atomic E-state index is 0.694. The van der Waals surface area contributed by atoms with Gasteiger partial charge in [0, 0.05) is 45.5 Å². The maximum Gasteiger partial charge on any atom is 0.0487 e. The second kappa shape index (κ2) is 25.9. The number of unbranched alkanes of at least 4 members (excludes halogenated alkanes) is 10. The molecular weight excluding hydrogens is 360 g/mol. The Labute approximate surface area is 174 Å². The van der Waals surface area contributed by atoms with E-state index in [0.29, 0.717) is 5.88 Å². The average molecular weight is 405 g/mol. The Bertz CT molecular complexity index is 274. The summed E-state index contributed by atoms with van der Waals surface area (Å²) in [6.07, 6.45) is 19.1. The summed E-state index contributed by atoms with van der Waals surface area (Å²) in [4.78, 5) is 0. The van der Waals surface area contributed by atoms with Gasteiger partial charge in [-0.2, -0.15) is 0 Å². The van der Waals surface area contributed by atoms with Gasteiger partial charge in [-0.15, -0.1) is 18.2 Å². The first kappa shape index (κ1) is 26.9. The minimum atomic E-state index is 0.694. The highest BCUT2D eigenvalue weighted by atomic mass is 35.5. The highest BCUT2D eigenvalue weighted by molar-refractivity contribution is 6.17. The van der Waals surface area contributed by atoms with E-state index in [-0.39, 0.29) is 0 Å². The number of alkyl halides is 1. The first-order valence-corrected chi connectivity index (χ1v) is 11.9. The third kappa shape index (κ3) is 25.9. The Hall–Kier alpha value is -0.0900. The Kier molecular flexibility index (Phi) is 25.8. The molecule has 0 aromatic heterocycles. The van der Waals surface area contributed by atoms with Crippen LogP contribution in [-0.4, -0.2) is 45.5 Å². The Morgan fingerprint density at radius 2 is 0.852 bits per heavy atom. The summed E-state index contributed by atoms with van der Waals surface area (Å²) in [5.74, 6) is 0.694. The highest BCUT2D eigenvalue weighted by Gasteiger charge is 1.95. The fourth-order valence-electron chi connectivity index (χ4n) is 2.86. The van der Waals surface area contributed by atoms with E-state index in [1.165, 1.54) is 64.2 Å². The molecule has 0 radical (unpaired) electrons. The molecule has 0 aliphatic heterocycles. The molecule has 0 saturated heterocycles. The normalized spacial score (nSPS) is 11.1. The molecule has 0 amide bonds. The molecule has 0 rings (SSSR count). The van der Waals surface area contributed by atoms with Crippen molar-refractivity contribution in [2.24, 2.45) is 0 Å². The van der Waals surface area contributed by atoms with Gasteiger partial charge in [0.2, 0.25) is 0 Å². The first-order chi connectivity index (χ1) is 13.4. The summed E-state index contributed by atoms with van der Waals surface area (Å²) in [6, 6.07) is 0. The predicted octanol–water partition coefficient (Wildman–Crippen LogP) is 6.92. The molecular formula is C23H45ClO3. The van der Waals surface area contributed by atoms with E-state index >= 15 is 0 Å². The lowest BCUT2D eigenvalue weighted by Gasteiger charge is -2.06. The third-order valence-corrected chi connectivity index (χ3v) is 4.79. The summed E-state index contributed by atoms with van der Waals surface area (Å²) in [6.45, 7) is 8.86. The minimum Gasteiger partial charge on any atom is -0.381 e. The van der Waals surface area contributed by atoms with Crippen LogP contribution in [0, 0.1) is 0 Å². The monoisotopic (exact) mass is 404 g/mol. The molecule has 0 spiro atoms. The van der Waals surface area contributed by atoms with Crippen molar-refractivity contribution < 1.29 is 14.2 Å². The molecule has 3 nitrogen and oxygen atoms in total. The molecule has 27 heavy (non-hydrogen) atoms. The van der Waals surface area contributed by atoms with E-state index < -0.39 is 0 Å². The first-order valence-electron chi connectivity index (χ1n) is 11.3. The van der Waals surface area contributed by atoms with E-state index in [1.54, 1.807) is 0 Å². The zero-order chi connectivity index (χ0) is 19.7. The largest absolute Gasteiger partial charge is 0.381 e. The van der Waals surface area contributed by atoms with Crippen LogP contribution in [0.3, 0.4) is 0 Å². The molecule has 0 fully saturated rings. The smallest absolute Gasteiger partial charge is 0.0487 e. The van der Waals surface area contributed by atoms with Gasteiger partial charge in [-0.05, 0) is 44.9 Å².